The van der Waals surface area contributed by atoms with Crippen molar-refractivity contribution in [1.29, 1.82) is 0 Å². The summed E-state index contributed by atoms with van der Waals surface area (Å²) >= 11 is 0. The van der Waals surface area contributed by atoms with Crippen molar-refractivity contribution in [3.63, 3.8) is 0 Å². The molecule has 1 heterocycles. The van der Waals surface area contributed by atoms with Gasteiger partial charge in [0.25, 0.3) is 0 Å². The molecule has 1 aromatic heterocycles. The third-order valence-electron chi connectivity index (χ3n) is 2.70. The highest BCUT2D eigenvalue weighted by Crippen LogP contribution is 2.24. The van der Waals surface area contributed by atoms with Crippen LogP contribution in [0.5, 0.6) is 0 Å². The van der Waals surface area contributed by atoms with Gasteiger partial charge in [-0.25, -0.2) is 0 Å². The average Bonchev–Trinajstić information content (AvgIpc) is 2.73. The monoisotopic (exact) mass is 232 g/mol. The summed E-state index contributed by atoms with van der Waals surface area (Å²) < 4.78 is 7.40. The van der Waals surface area contributed by atoms with Crippen molar-refractivity contribution in [3.8, 4) is 0 Å². The van der Waals surface area contributed by atoms with Crippen molar-refractivity contribution in [1.82, 2.24) is 14.8 Å². The van der Waals surface area contributed by atoms with Gasteiger partial charge in [0.2, 0.25) is 5.95 Å². The fourth-order valence-electron chi connectivity index (χ4n) is 1.81. The maximum absolute atomic E-state index is 5.51. The lowest BCUT2D eigenvalue weighted by molar-refractivity contribution is 0.126. The standard InChI is InChI=1S/C12H16N4O/c1-13-12-15-14-11(16(12)2)10(17-3)9-7-5-4-6-8-9/h4-8,10H,1-3H3,(H,13,15). The Bertz CT molecular complexity index is 481. The van der Waals surface area contributed by atoms with Crippen LogP contribution in [0.4, 0.5) is 5.95 Å². The van der Waals surface area contributed by atoms with Gasteiger partial charge in [0.1, 0.15) is 6.10 Å². The number of nitrogens with zero attached hydrogens (tertiary/aromatic N) is 3. The largest absolute Gasteiger partial charge is 0.369 e. The van der Waals surface area contributed by atoms with E-state index in [9.17, 15) is 0 Å². The van der Waals surface area contributed by atoms with Crippen LogP contribution in [0.25, 0.3) is 0 Å². The van der Waals surface area contributed by atoms with E-state index in [1.54, 1.807) is 7.11 Å². The summed E-state index contributed by atoms with van der Waals surface area (Å²) in [5, 5.41) is 11.2. The number of aromatic nitrogens is 3. The molecule has 17 heavy (non-hydrogen) atoms. The fourth-order valence-corrected chi connectivity index (χ4v) is 1.81. The number of methoxy groups -OCH3 is 1. The predicted octanol–water partition coefficient (Wildman–Crippen LogP) is 1.59. The molecular formula is C12H16N4O. The highest BCUT2D eigenvalue weighted by Gasteiger charge is 2.20. The molecule has 0 aliphatic carbocycles. The Labute approximate surface area is 100 Å². The van der Waals surface area contributed by atoms with Crippen LogP contribution < -0.4 is 5.32 Å². The zero-order chi connectivity index (χ0) is 12.3. The van der Waals surface area contributed by atoms with Crippen LogP contribution in [-0.4, -0.2) is 28.9 Å². The van der Waals surface area contributed by atoms with E-state index in [0.717, 1.165) is 17.3 Å². The zero-order valence-electron chi connectivity index (χ0n) is 10.2. The summed E-state index contributed by atoms with van der Waals surface area (Å²) in [6, 6.07) is 9.98. The van der Waals surface area contributed by atoms with E-state index >= 15 is 0 Å². The van der Waals surface area contributed by atoms with Crippen molar-refractivity contribution >= 4 is 5.95 Å². The number of nitrogens with one attached hydrogen (secondary N) is 1. The molecule has 5 nitrogen and oxygen atoms in total. The van der Waals surface area contributed by atoms with Crippen molar-refractivity contribution in [3.05, 3.63) is 41.7 Å². The minimum atomic E-state index is -0.198. The van der Waals surface area contributed by atoms with E-state index in [1.807, 2.05) is 49.0 Å². The van der Waals surface area contributed by atoms with E-state index in [0.29, 0.717) is 0 Å². The molecule has 0 aliphatic heterocycles. The second-order valence-electron chi connectivity index (χ2n) is 3.72. The molecule has 2 rings (SSSR count). The first kappa shape index (κ1) is 11.6. The summed E-state index contributed by atoms with van der Waals surface area (Å²) in [5.74, 6) is 1.50. The average molecular weight is 232 g/mol. The number of anilines is 1. The molecule has 2 aromatic rings. The molecule has 0 spiro atoms. The smallest absolute Gasteiger partial charge is 0.224 e. The van der Waals surface area contributed by atoms with Crippen molar-refractivity contribution in [2.45, 2.75) is 6.10 Å². The number of hydrogen-bond donors (Lipinski definition) is 1. The summed E-state index contributed by atoms with van der Waals surface area (Å²) in [5.41, 5.74) is 1.06. The van der Waals surface area contributed by atoms with Crippen LogP contribution in [-0.2, 0) is 11.8 Å². The molecule has 0 bridgehead atoms. The maximum atomic E-state index is 5.51. The lowest BCUT2D eigenvalue weighted by atomic mass is 10.1. The van der Waals surface area contributed by atoms with Gasteiger partial charge in [-0.2, -0.15) is 0 Å². The van der Waals surface area contributed by atoms with Gasteiger partial charge in [0.05, 0.1) is 0 Å². The fraction of sp³-hybridized carbons (Fsp3) is 0.333. The van der Waals surface area contributed by atoms with Gasteiger partial charge >= 0.3 is 0 Å². The van der Waals surface area contributed by atoms with Crippen LogP contribution in [0, 0.1) is 0 Å². The topological polar surface area (TPSA) is 52.0 Å². The first-order valence-electron chi connectivity index (χ1n) is 5.42. The third kappa shape index (κ3) is 2.14. The molecule has 1 aromatic carbocycles. The Hall–Kier alpha value is -1.88. The Balaban J connectivity index is 2.39. The second-order valence-corrected chi connectivity index (χ2v) is 3.72. The highest BCUT2D eigenvalue weighted by atomic mass is 16.5. The summed E-state index contributed by atoms with van der Waals surface area (Å²) in [4.78, 5) is 0. The first-order valence-corrected chi connectivity index (χ1v) is 5.42. The Morgan fingerprint density at radius 1 is 1.24 bits per heavy atom. The van der Waals surface area contributed by atoms with Crippen LogP contribution in [0.1, 0.15) is 17.5 Å². The van der Waals surface area contributed by atoms with Gasteiger partial charge in [-0.3, -0.25) is 4.57 Å². The van der Waals surface area contributed by atoms with E-state index in [1.165, 1.54) is 0 Å². The zero-order valence-corrected chi connectivity index (χ0v) is 10.2. The van der Waals surface area contributed by atoms with E-state index in [-0.39, 0.29) is 6.10 Å². The number of hydrogen-bond acceptors (Lipinski definition) is 4. The van der Waals surface area contributed by atoms with Crippen LogP contribution >= 0.6 is 0 Å². The lowest BCUT2D eigenvalue weighted by Crippen LogP contribution is -2.11. The molecule has 0 aliphatic rings. The minimum absolute atomic E-state index is 0.198. The lowest BCUT2D eigenvalue weighted by Gasteiger charge is -2.15. The Morgan fingerprint density at radius 2 is 1.94 bits per heavy atom. The van der Waals surface area contributed by atoms with Gasteiger partial charge in [-0.05, 0) is 5.56 Å². The van der Waals surface area contributed by atoms with Gasteiger partial charge < -0.3 is 10.1 Å². The molecule has 0 saturated heterocycles. The highest BCUT2D eigenvalue weighted by molar-refractivity contribution is 5.29. The van der Waals surface area contributed by atoms with Gasteiger partial charge in [-0.15, -0.1) is 10.2 Å². The Kier molecular flexibility index (Phi) is 3.39. The summed E-state index contributed by atoms with van der Waals surface area (Å²) in [7, 11) is 5.40. The first-order chi connectivity index (χ1) is 8.27. The van der Waals surface area contributed by atoms with Gasteiger partial charge in [-0.1, -0.05) is 30.3 Å². The summed E-state index contributed by atoms with van der Waals surface area (Å²) in [6.07, 6.45) is -0.198. The predicted molar refractivity (Wildman–Crippen MR) is 65.8 cm³/mol. The normalized spacial score (nSPS) is 12.4. The molecule has 1 atom stereocenters. The molecule has 5 heteroatoms. The molecule has 0 amide bonds. The molecule has 0 fully saturated rings. The molecular weight excluding hydrogens is 216 g/mol. The number of ether oxygens (including phenoxy) is 1. The van der Waals surface area contributed by atoms with Crippen molar-refractivity contribution in [2.75, 3.05) is 19.5 Å². The SMILES string of the molecule is CNc1nnc(C(OC)c2ccccc2)n1C. The minimum Gasteiger partial charge on any atom is -0.369 e. The van der Waals surface area contributed by atoms with E-state index in [2.05, 4.69) is 15.5 Å². The molecule has 90 valence electrons. The van der Waals surface area contributed by atoms with Crippen molar-refractivity contribution in [2.24, 2.45) is 7.05 Å². The Morgan fingerprint density at radius 3 is 2.47 bits per heavy atom. The summed E-state index contributed by atoms with van der Waals surface area (Å²) in [6.45, 7) is 0. The van der Waals surface area contributed by atoms with E-state index in [4.69, 9.17) is 4.74 Å². The second kappa shape index (κ2) is 4.97. The molecule has 1 N–H and O–H groups in total. The number of rotatable bonds is 4. The van der Waals surface area contributed by atoms with Crippen LogP contribution in [0.2, 0.25) is 0 Å². The van der Waals surface area contributed by atoms with Crippen molar-refractivity contribution < 1.29 is 4.74 Å². The number of benzene rings is 1. The van der Waals surface area contributed by atoms with Crippen LogP contribution in [0.3, 0.4) is 0 Å². The molecule has 0 saturated carbocycles. The van der Waals surface area contributed by atoms with E-state index < -0.39 is 0 Å². The van der Waals surface area contributed by atoms with Crippen LogP contribution in [0.15, 0.2) is 30.3 Å². The quantitative estimate of drug-likeness (QED) is 0.869. The third-order valence-corrected chi connectivity index (χ3v) is 2.70. The maximum Gasteiger partial charge on any atom is 0.224 e. The van der Waals surface area contributed by atoms with Gasteiger partial charge in [0.15, 0.2) is 5.82 Å². The molecule has 1 unspecified atom stereocenters. The van der Waals surface area contributed by atoms with Gasteiger partial charge in [0, 0.05) is 21.2 Å². The molecule has 0 radical (unpaired) electrons.